The first-order chi connectivity index (χ1) is 8.80. The van der Waals surface area contributed by atoms with Crippen molar-refractivity contribution in [2.45, 2.75) is 6.18 Å². The van der Waals surface area contributed by atoms with Crippen LogP contribution in [0.3, 0.4) is 0 Å². The van der Waals surface area contributed by atoms with Crippen LogP contribution in [-0.2, 0) is 15.7 Å². The van der Waals surface area contributed by atoms with Gasteiger partial charge in [-0.3, -0.25) is 0 Å². The van der Waals surface area contributed by atoms with Crippen LogP contribution in [-0.4, -0.2) is 30.8 Å². The Bertz CT molecular complexity index is 451. The van der Waals surface area contributed by atoms with Crippen LogP contribution >= 0.6 is 15.9 Å². The molecule has 0 heterocycles. The van der Waals surface area contributed by atoms with Crippen LogP contribution in [0.5, 0.6) is 0 Å². The lowest BCUT2D eigenvalue weighted by Crippen LogP contribution is -2.16. The Balaban J connectivity index is 2.61. The number of benzene rings is 1. The first-order valence-electron chi connectivity index (χ1n) is 5.21. The second-order valence-corrected chi connectivity index (χ2v) is 4.48. The average Bonchev–Trinajstić information content (AvgIpc) is 2.26. The first-order valence-corrected chi connectivity index (χ1v) is 6.00. The number of aliphatic carboxylic acids is 1. The highest BCUT2D eigenvalue weighted by Gasteiger charge is 2.33. The molecule has 0 aliphatic rings. The van der Waals surface area contributed by atoms with Crippen molar-refractivity contribution in [3.63, 3.8) is 0 Å². The van der Waals surface area contributed by atoms with Crippen molar-refractivity contribution in [1.29, 1.82) is 0 Å². The van der Waals surface area contributed by atoms with E-state index in [0.29, 0.717) is 4.47 Å². The van der Waals surface area contributed by atoms with E-state index < -0.39 is 24.3 Å². The van der Waals surface area contributed by atoms with Crippen LogP contribution in [0.25, 0.3) is 0 Å². The zero-order valence-corrected chi connectivity index (χ0v) is 11.2. The monoisotopic (exact) mass is 341 g/mol. The third kappa shape index (κ3) is 5.48. The molecule has 0 saturated heterocycles. The van der Waals surface area contributed by atoms with Crippen LogP contribution in [0.1, 0.15) is 5.56 Å². The zero-order chi connectivity index (χ0) is 14.5. The maximum absolute atomic E-state index is 12.7. The van der Waals surface area contributed by atoms with E-state index in [0.717, 1.165) is 6.07 Å². The molecule has 0 bridgehead atoms. The Morgan fingerprint density at radius 2 is 2.11 bits per heavy atom. The minimum absolute atomic E-state index is 0.00386. The van der Waals surface area contributed by atoms with Crippen molar-refractivity contribution in [1.82, 2.24) is 0 Å². The summed E-state index contributed by atoms with van der Waals surface area (Å²) in [5.74, 6) is -1.13. The fraction of sp³-hybridized carbons (Fsp3) is 0.364. The molecule has 1 aromatic rings. The summed E-state index contributed by atoms with van der Waals surface area (Å²) in [6.07, 6.45) is -4.45. The van der Waals surface area contributed by atoms with E-state index in [4.69, 9.17) is 9.84 Å². The van der Waals surface area contributed by atoms with Crippen molar-refractivity contribution in [3.05, 3.63) is 28.2 Å². The molecule has 0 spiro atoms. The number of hydrogen-bond donors (Lipinski definition) is 2. The molecule has 0 atom stereocenters. The quantitative estimate of drug-likeness (QED) is 0.781. The number of ether oxygens (including phenoxy) is 1. The Labute approximate surface area is 115 Å². The highest BCUT2D eigenvalue weighted by molar-refractivity contribution is 9.10. The molecular weight excluding hydrogens is 331 g/mol. The van der Waals surface area contributed by atoms with Crippen molar-refractivity contribution in [2.24, 2.45) is 0 Å². The lowest BCUT2D eigenvalue weighted by molar-refractivity contribution is -0.142. The van der Waals surface area contributed by atoms with E-state index in [2.05, 4.69) is 21.2 Å². The summed E-state index contributed by atoms with van der Waals surface area (Å²) in [4.78, 5) is 10.2. The van der Waals surface area contributed by atoms with Gasteiger partial charge in [0, 0.05) is 16.7 Å². The molecule has 0 saturated carbocycles. The highest BCUT2D eigenvalue weighted by atomic mass is 79.9. The SMILES string of the molecule is O=C(O)COCCNc1cc(Br)ccc1C(F)(F)F. The summed E-state index contributed by atoms with van der Waals surface area (Å²) < 4.78 is 43.3. The molecule has 1 aromatic carbocycles. The molecule has 1 rings (SSSR count). The van der Waals surface area contributed by atoms with Crippen LogP contribution in [0.2, 0.25) is 0 Å². The second kappa shape index (κ2) is 6.76. The summed E-state index contributed by atoms with van der Waals surface area (Å²) in [6, 6.07) is 3.57. The Morgan fingerprint density at radius 1 is 1.42 bits per heavy atom. The maximum Gasteiger partial charge on any atom is 0.418 e. The number of carboxylic acid groups (broad SMARTS) is 1. The zero-order valence-electron chi connectivity index (χ0n) is 9.63. The average molecular weight is 342 g/mol. The molecule has 0 amide bonds. The predicted octanol–water partition coefficient (Wildman–Crippen LogP) is 2.98. The number of halogens is 4. The molecule has 19 heavy (non-hydrogen) atoms. The van der Waals surface area contributed by atoms with Gasteiger partial charge < -0.3 is 15.2 Å². The molecule has 4 nitrogen and oxygen atoms in total. The molecule has 0 aromatic heterocycles. The van der Waals surface area contributed by atoms with Crippen LogP contribution in [0.15, 0.2) is 22.7 Å². The number of carbonyl (C=O) groups is 1. The summed E-state index contributed by atoms with van der Waals surface area (Å²) in [5, 5.41) is 10.9. The molecule has 8 heteroatoms. The smallest absolute Gasteiger partial charge is 0.418 e. The highest BCUT2D eigenvalue weighted by Crippen LogP contribution is 2.36. The summed E-state index contributed by atoms with van der Waals surface area (Å²) >= 11 is 3.09. The number of nitrogens with one attached hydrogen (secondary N) is 1. The lowest BCUT2D eigenvalue weighted by Gasteiger charge is -2.14. The number of carboxylic acids is 1. The molecule has 0 unspecified atom stereocenters. The normalized spacial score (nSPS) is 11.4. The van der Waals surface area contributed by atoms with Crippen molar-refractivity contribution >= 4 is 27.6 Å². The van der Waals surface area contributed by atoms with Crippen molar-refractivity contribution < 1.29 is 27.8 Å². The Morgan fingerprint density at radius 3 is 2.68 bits per heavy atom. The summed E-state index contributed by atoms with van der Waals surface area (Å²) in [5.41, 5.74) is -0.866. The summed E-state index contributed by atoms with van der Waals surface area (Å²) in [7, 11) is 0. The minimum Gasteiger partial charge on any atom is -0.480 e. The van der Waals surface area contributed by atoms with Gasteiger partial charge in [0.05, 0.1) is 12.2 Å². The van der Waals surface area contributed by atoms with Crippen LogP contribution in [0, 0.1) is 0 Å². The number of rotatable bonds is 6. The largest absolute Gasteiger partial charge is 0.480 e. The van der Waals surface area contributed by atoms with Gasteiger partial charge in [0.15, 0.2) is 0 Å². The molecule has 2 N–H and O–H groups in total. The van der Waals surface area contributed by atoms with Gasteiger partial charge >= 0.3 is 12.1 Å². The number of hydrogen-bond acceptors (Lipinski definition) is 3. The lowest BCUT2D eigenvalue weighted by atomic mass is 10.1. The third-order valence-electron chi connectivity index (χ3n) is 2.07. The van der Waals surface area contributed by atoms with E-state index in [1.807, 2.05) is 0 Å². The number of alkyl halides is 3. The molecule has 0 aliphatic carbocycles. The molecule has 0 radical (unpaired) electrons. The molecule has 0 aliphatic heterocycles. The predicted molar refractivity (Wildman–Crippen MR) is 66.1 cm³/mol. The van der Waals surface area contributed by atoms with Gasteiger partial charge in [-0.25, -0.2) is 4.79 Å². The second-order valence-electron chi connectivity index (χ2n) is 3.56. The van der Waals surface area contributed by atoms with Gasteiger partial charge in [-0.2, -0.15) is 13.2 Å². The Kier molecular flexibility index (Phi) is 5.61. The third-order valence-corrected chi connectivity index (χ3v) is 2.57. The van der Waals surface area contributed by atoms with E-state index in [9.17, 15) is 18.0 Å². The van der Waals surface area contributed by atoms with Gasteiger partial charge in [0.1, 0.15) is 6.61 Å². The topological polar surface area (TPSA) is 58.6 Å². The molecule has 0 fully saturated rings. The summed E-state index contributed by atoms with van der Waals surface area (Å²) in [6.45, 7) is -0.408. The fourth-order valence-corrected chi connectivity index (χ4v) is 1.69. The van der Waals surface area contributed by atoms with E-state index in [1.165, 1.54) is 12.1 Å². The van der Waals surface area contributed by atoms with Gasteiger partial charge in [-0.1, -0.05) is 15.9 Å². The van der Waals surface area contributed by atoms with Crippen LogP contribution < -0.4 is 5.32 Å². The van der Waals surface area contributed by atoms with Gasteiger partial charge in [0.25, 0.3) is 0 Å². The van der Waals surface area contributed by atoms with Gasteiger partial charge in [0.2, 0.25) is 0 Å². The first kappa shape index (κ1) is 15.8. The number of anilines is 1. The van der Waals surface area contributed by atoms with Gasteiger partial charge in [-0.05, 0) is 18.2 Å². The Hall–Kier alpha value is -1.28. The van der Waals surface area contributed by atoms with E-state index >= 15 is 0 Å². The van der Waals surface area contributed by atoms with Crippen molar-refractivity contribution in [2.75, 3.05) is 25.1 Å². The van der Waals surface area contributed by atoms with E-state index in [1.54, 1.807) is 0 Å². The van der Waals surface area contributed by atoms with Crippen LogP contribution in [0.4, 0.5) is 18.9 Å². The van der Waals surface area contributed by atoms with Crippen molar-refractivity contribution in [3.8, 4) is 0 Å². The van der Waals surface area contributed by atoms with Gasteiger partial charge in [-0.15, -0.1) is 0 Å². The minimum atomic E-state index is -4.45. The standard InChI is InChI=1S/C11H11BrF3NO3/c12-7-1-2-8(11(13,14)15)9(5-7)16-3-4-19-6-10(17)18/h1-2,5,16H,3-4,6H2,(H,17,18). The van der Waals surface area contributed by atoms with E-state index in [-0.39, 0.29) is 18.8 Å². The fourth-order valence-electron chi connectivity index (χ4n) is 1.33. The molecular formula is C11H11BrF3NO3. The molecule has 106 valence electrons. The maximum atomic E-state index is 12.7.